The highest BCUT2D eigenvalue weighted by Crippen LogP contribution is 2.31. The summed E-state index contributed by atoms with van der Waals surface area (Å²) in [6.45, 7) is 0.803. The number of ether oxygens (including phenoxy) is 1. The normalized spacial score (nSPS) is 16.3. The van der Waals surface area contributed by atoms with Crippen LogP contribution in [0.3, 0.4) is 0 Å². The highest BCUT2D eigenvalue weighted by molar-refractivity contribution is 5.78. The molecule has 6 nitrogen and oxygen atoms in total. The zero-order chi connectivity index (χ0) is 25.1. The molecule has 5 rings (SSSR count). The van der Waals surface area contributed by atoms with Crippen LogP contribution < -0.4 is 4.74 Å². The fourth-order valence-corrected chi connectivity index (χ4v) is 4.61. The van der Waals surface area contributed by atoms with E-state index in [2.05, 4.69) is 10.2 Å². The number of halogens is 3. The van der Waals surface area contributed by atoms with Crippen LogP contribution in [0, 0.1) is 0 Å². The number of aromatic nitrogens is 3. The van der Waals surface area contributed by atoms with Crippen LogP contribution in [0.25, 0.3) is 5.65 Å². The number of pyridine rings is 1. The van der Waals surface area contributed by atoms with Crippen LogP contribution in [-0.2, 0) is 17.4 Å². The third kappa shape index (κ3) is 5.19. The molecule has 0 aliphatic carbocycles. The quantitative estimate of drug-likeness (QED) is 0.373. The van der Waals surface area contributed by atoms with Crippen molar-refractivity contribution in [3.05, 3.63) is 95.4 Å². The predicted octanol–water partition coefficient (Wildman–Crippen LogP) is 5.12. The summed E-state index contributed by atoms with van der Waals surface area (Å²) in [5.41, 5.74) is 1.72. The molecule has 1 saturated heterocycles. The summed E-state index contributed by atoms with van der Waals surface area (Å²) in [5.74, 6) is 0.708. The third-order valence-corrected chi connectivity index (χ3v) is 6.46. The van der Waals surface area contributed by atoms with Crippen molar-refractivity contribution in [2.24, 2.45) is 0 Å². The second-order valence-corrected chi connectivity index (χ2v) is 8.94. The Morgan fingerprint density at radius 3 is 2.58 bits per heavy atom. The van der Waals surface area contributed by atoms with Crippen molar-refractivity contribution in [3.8, 4) is 5.75 Å². The molecule has 36 heavy (non-hydrogen) atoms. The predicted molar refractivity (Wildman–Crippen MR) is 128 cm³/mol. The highest BCUT2D eigenvalue weighted by Gasteiger charge is 2.33. The van der Waals surface area contributed by atoms with E-state index in [1.165, 1.54) is 10.5 Å². The summed E-state index contributed by atoms with van der Waals surface area (Å²) in [5, 5.41) is 8.18. The van der Waals surface area contributed by atoms with Gasteiger partial charge in [-0.3, -0.25) is 9.20 Å². The first-order valence-electron chi connectivity index (χ1n) is 11.8. The van der Waals surface area contributed by atoms with E-state index in [0.717, 1.165) is 29.8 Å². The van der Waals surface area contributed by atoms with Crippen LogP contribution in [0.5, 0.6) is 5.75 Å². The first-order valence-corrected chi connectivity index (χ1v) is 11.8. The number of alkyl halides is 3. The molecule has 2 aromatic heterocycles. The van der Waals surface area contributed by atoms with Crippen molar-refractivity contribution in [1.82, 2.24) is 19.5 Å². The van der Waals surface area contributed by atoms with Crippen LogP contribution in [0.1, 0.15) is 41.3 Å². The highest BCUT2D eigenvalue weighted by atomic mass is 19.4. The van der Waals surface area contributed by atoms with Gasteiger partial charge in [-0.25, -0.2) is 0 Å². The summed E-state index contributed by atoms with van der Waals surface area (Å²) in [6.07, 6.45) is -1.32. The monoisotopic (exact) mass is 494 g/mol. The molecule has 0 saturated carbocycles. The van der Waals surface area contributed by atoms with Gasteiger partial charge in [0.15, 0.2) is 12.3 Å². The van der Waals surface area contributed by atoms with Crippen LogP contribution in [0.15, 0.2) is 72.9 Å². The molecule has 0 radical (unpaired) electrons. The molecule has 0 N–H and O–H groups in total. The van der Waals surface area contributed by atoms with Gasteiger partial charge in [-0.2, -0.15) is 13.2 Å². The van der Waals surface area contributed by atoms with Crippen molar-refractivity contribution in [2.45, 2.75) is 31.4 Å². The van der Waals surface area contributed by atoms with E-state index < -0.39 is 11.7 Å². The molecule has 1 aliphatic rings. The topological polar surface area (TPSA) is 59.7 Å². The molecule has 4 aromatic rings. The molecule has 9 heteroatoms. The Morgan fingerprint density at radius 2 is 1.78 bits per heavy atom. The summed E-state index contributed by atoms with van der Waals surface area (Å²) in [4.78, 5) is 14.7. The average Bonchev–Trinajstić information content (AvgIpc) is 3.32. The zero-order valence-corrected chi connectivity index (χ0v) is 19.5. The van der Waals surface area contributed by atoms with E-state index in [9.17, 15) is 18.0 Å². The van der Waals surface area contributed by atoms with Gasteiger partial charge in [0.2, 0.25) is 0 Å². The molecule has 1 atom stereocenters. The van der Waals surface area contributed by atoms with Gasteiger partial charge >= 0.3 is 6.18 Å². The maximum Gasteiger partial charge on any atom is 0.417 e. The van der Waals surface area contributed by atoms with Crippen molar-refractivity contribution in [1.29, 1.82) is 0 Å². The number of rotatable bonds is 6. The SMILES string of the molecule is O=C(COc1ccccc1Cc1ccccc1)N1CCC[C@@H](c2nnc3ccc(C(F)(F)F)cn23)C1. The lowest BCUT2D eigenvalue weighted by molar-refractivity contribution is -0.138. The summed E-state index contributed by atoms with van der Waals surface area (Å²) in [7, 11) is 0. The number of benzene rings is 2. The van der Waals surface area contributed by atoms with E-state index >= 15 is 0 Å². The Balaban J connectivity index is 1.26. The van der Waals surface area contributed by atoms with Crippen LogP contribution >= 0.6 is 0 Å². The van der Waals surface area contributed by atoms with Gasteiger partial charge in [-0.1, -0.05) is 48.5 Å². The van der Waals surface area contributed by atoms with Crippen LogP contribution in [0.2, 0.25) is 0 Å². The van der Waals surface area contributed by atoms with Gasteiger partial charge < -0.3 is 9.64 Å². The molecule has 186 valence electrons. The number of carbonyl (C=O) groups excluding carboxylic acids is 1. The molecule has 1 aliphatic heterocycles. The second kappa shape index (κ2) is 10.0. The fraction of sp³-hybridized carbons (Fsp3) is 0.296. The van der Waals surface area contributed by atoms with Gasteiger partial charge in [-0.15, -0.1) is 10.2 Å². The molecule has 3 heterocycles. The number of hydrogen-bond acceptors (Lipinski definition) is 4. The fourth-order valence-electron chi connectivity index (χ4n) is 4.61. The number of piperidine rings is 1. The maximum absolute atomic E-state index is 13.2. The van der Waals surface area contributed by atoms with Crippen molar-refractivity contribution < 1.29 is 22.7 Å². The van der Waals surface area contributed by atoms with Crippen LogP contribution in [0.4, 0.5) is 13.2 Å². The number of para-hydroxylation sites is 1. The third-order valence-electron chi connectivity index (χ3n) is 6.46. The van der Waals surface area contributed by atoms with Gasteiger partial charge in [0.25, 0.3) is 5.91 Å². The Morgan fingerprint density at radius 1 is 1.00 bits per heavy atom. The van der Waals surface area contributed by atoms with Crippen molar-refractivity contribution in [3.63, 3.8) is 0 Å². The Bertz CT molecular complexity index is 1350. The minimum Gasteiger partial charge on any atom is -0.483 e. The summed E-state index contributed by atoms with van der Waals surface area (Å²) >= 11 is 0. The Kier molecular flexibility index (Phi) is 6.63. The number of hydrogen-bond donors (Lipinski definition) is 0. The molecule has 0 unspecified atom stereocenters. The van der Waals surface area contributed by atoms with E-state index in [-0.39, 0.29) is 18.4 Å². The largest absolute Gasteiger partial charge is 0.483 e. The number of nitrogens with zero attached hydrogens (tertiary/aromatic N) is 4. The molecular weight excluding hydrogens is 469 g/mol. The minimum atomic E-state index is -4.46. The number of carbonyl (C=O) groups is 1. The molecule has 1 fully saturated rings. The van der Waals surface area contributed by atoms with Crippen LogP contribution in [-0.4, -0.2) is 45.1 Å². The van der Waals surface area contributed by atoms with Gasteiger partial charge in [-0.05, 0) is 42.2 Å². The molecule has 1 amide bonds. The summed E-state index contributed by atoms with van der Waals surface area (Å²) < 4.78 is 47.0. The van der Waals surface area contributed by atoms with Crippen molar-refractivity contribution in [2.75, 3.05) is 19.7 Å². The number of likely N-dealkylation sites (tertiary alicyclic amines) is 1. The molecule has 0 spiro atoms. The van der Waals surface area contributed by atoms with E-state index in [0.29, 0.717) is 43.2 Å². The zero-order valence-electron chi connectivity index (χ0n) is 19.5. The first-order chi connectivity index (χ1) is 17.4. The van der Waals surface area contributed by atoms with E-state index in [4.69, 9.17) is 4.74 Å². The Labute approximate surface area is 206 Å². The lowest BCUT2D eigenvalue weighted by Crippen LogP contribution is -2.42. The molecule has 0 bridgehead atoms. The number of amides is 1. The van der Waals surface area contributed by atoms with Gasteiger partial charge in [0, 0.05) is 31.6 Å². The average molecular weight is 495 g/mol. The van der Waals surface area contributed by atoms with Crippen molar-refractivity contribution >= 4 is 11.6 Å². The Hall–Kier alpha value is -3.88. The van der Waals surface area contributed by atoms with E-state index in [1.807, 2.05) is 54.6 Å². The first kappa shape index (κ1) is 23.8. The smallest absolute Gasteiger partial charge is 0.417 e. The van der Waals surface area contributed by atoms with E-state index in [1.54, 1.807) is 4.90 Å². The lowest BCUT2D eigenvalue weighted by atomic mass is 9.97. The summed E-state index contributed by atoms with van der Waals surface area (Å²) in [6, 6.07) is 20.0. The number of fused-ring (bicyclic) bond motifs is 1. The van der Waals surface area contributed by atoms with Gasteiger partial charge in [0.1, 0.15) is 11.6 Å². The molecular formula is C27H25F3N4O2. The second-order valence-electron chi connectivity index (χ2n) is 8.94. The standard InChI is InChI=1S/C27H25F3N4O2/c28-27(29,30)22-12-13-24-31-32-26(34(24)17-22)21-10-6-14-33(16-21)25(35)18-36-23-11-5-4-9-20(23)15-19-7-2-1-3-8-19/h1-5,7-9,11-13,17,21H,6,10,14-16,18H2/t21-/m1/s1. The minimum absolute atomic E-state index is 0.114. The maximum atomic E-state index is 13.2. The molecule has 2 aromatic carbocycles. The van der Waals surface area contributed by atoms with Gasteiger partial charge in [0.05, 0.1) is 5.56 Å². The lowest BCUT2D eigenvalue weighted by Gasteiger charge is -2.32.